The van der Waals surface area contributed by atoms with Gasteiger partial charge in [0.15, 0.2) is 6.10 Å². The number of anilines is 1. The molecule has 0 saturated carbocycles. The zero-order valence-corrected chi connectivity index (χ0v) is 21.6. The maximum Gasteiger partial charge on any atom is 0.254 e. The molecule has 0 bridgehead atoms. The fourth-order valence-corrected chi connectivity index (χ4v) is 3.78. The van der Waals surface area contributed by atoms with Crippen LogP contribution in [0, 0.1) is 17.5 Å². The Kier molecular flexibility index (Phi) is 7.83. The predicted molar refractivity (Wildman–Crippen MR) is 133 cm³/mol. The molecule has 0 fully saturated rings. The van der Waals surface area contributed by atoms with Crippen LogP contribution in [0.15, 0.2) is 48.5 Å². The molecule has 37 heavy (non-hydrogen) atoms. The summed E-state index contributed by atoms with van der Waals surface area (Å²) in [5.74, 6) is -3.45. The van der Waals surface area contributed by atoms with E-state index in [1.807, 2.05) is 34.6 Å². The number of aromatic nitrogens is 2. The van der Waals surface area contributed by atoms with E-state index in [4.69, 9.17) is 5.10 Å². The van der Waals surface area contributed by atoms with Crippen LogP contribution < -0.4 is 10.6 Å². The van der Waals surface area contributed by atoms with Gasteiger partial charge < -0.3 is 15.7 Å². The number of aliphatic hydroxyl groups is 1. The molecule has 1 heterocycles. The quantitative estimate of drug-likeness (QED) is 0.429. The SMILES string of the molecule is CC(NC(=O)[C@@H](O)c1cc(F)cc(F)c1)C(=O)Nc1cc(C(C)(C)c2ccc(F)cc2)nn1C(C)(C)C. The van der Waals surface area contributed by atoms with Gasteiger partial charge in [-0.05, 0) is 63.1 Å². The fourth-order valence-electron chi connectivity index (χ4n) is 3.78. The van der Waals surface area contributed by atoms with E-state index in [0.717, 1.165) is 17.7 Å². The summed E-state index contributed by atoms with van der Waals surface area (Å²) in [6.45, 7) is 11.0. The van der Waals surface area contributed by atoms with Gasteiger partial charge in [-0.1, -0.05) is 26.0 Å². The molecular weight excluding hydrogens is 485 g/mol. The van der Waals surface area contributed by atoms with E-state index < -0.39 is 46.5 Å². The Morgan fingerprint density at radius 1 is 0.892 bits per heavy atom. The molecule has 2 atom stereocenters. The van der Waals surface area contributed by atoms with Gasteiger partial charge in [0, 0.05) is 17.5 Å². The van der Waals surface area contributed by atoms with Gasteiger partial charge in [0.1, 0.15) is 29.3 Å². The molecule has 0 radical (unpaired) electrons. The number of rotatable bonds is 7. The van der Waals surface area contributed by atoms with Gasteiger partial charge in [-0.2, -0.15) is 5.10 Å². The molecule has 10 heteroatoms. The van der Waals surface area contributed by atoms with E-state index in [2.05, 4.69) is 10.6 Å². The first-order chi connectivity index (χ1) is 17.1. The van der Waals surface area contributed by atoms with Crippen molar-refractivity contribution in [1.82, 2.24) is 15.1 Å². The van der Waals surface area contributed by atoms with E-state index >= 15 is 0 Å². The lowest BCUT2D eigenvalue weighted by Gasteiger charge is -2.25. The molecule has 1 aromatic heterocycles. The first-order valence-electron chi connectivity index (χ1n) is 11.7. The third-order valence-electron chi connectivity index (χ3n) is 6.00. The minimum absolute atomic E-state index is 0.277. The van der Waals surface area contributed by atoms with Gasteiger partial charge in [0.2, 0.25) is 5.91 Å². The molecule has 198 valence electrons. The summed E-state index contributed by atoms with van der Waals surface area (Å²) < 4.78 is 42.0. The van der Waals surface area contributed by atoms with Gasteiger partial charge >= 0.3 is 0 Å². The maximum absolute atomic E-state index is 13.5. The van der Waals surface area contributed by atoms with Crippen molar-refractivity contribution >= 4 is 17.6 Å². The van der Waals surface area contributed by atoms with E-state index in [0.29, 0.717) is 17.6 Å². The van der Waals surface area contributed by atoms with Crippen LogP contribution in [0.25, 0.3) is 0 Å². The molecular formula is C27H31F3N4O3. The lowest BCUT2D eigenvalue weighted by Crippen LogP contribution is -2.44. The van der Waals surface area contributed by atoms with Crippen molar-refractivity contribution < 1.29 is 27.9 Å². The summed E-state index contributed by atoms with van der Waals surface area (Å²) in [4.78, 5) is 25.4. The van der Waals surface area contributed by atoms with Crippen LogP contribution in [-0.2, 0) is 20.5 Å². The van der Waals surface area contributed by atoms with Gasteiger partial charge in [0.25, 0.3) is 5.91 Å². The Labute approximate surface area is 213 Å². The second-order valence-electron chi connectivity index (χ2n) is 10.5. The Balaban J connectivity index is 1.80. The fraction of sp³-hybridized carbons (Fsp3) is 0.370. The number of aliphatic hydroxyl groups excluding tert-OH is 1. The highest BCUT2D eigenvalue weighted by Gasteiger charge is 2.31. The largest absolute Gasteiger partial charge is 0.378 e. The summed E-state index contributed by atoms with van der Waals surface area (Å²) in [6.07, 6.45) is -1.87. The Bertz CT molecular complexity index is 1280. The van der Waals surface area contributed by atoms with Crippen molar-refractivity contribution in [2.75, 3.05) is 5.32 Å². The molecule has 3 rings (SSSR count). The predicted octanol–water partition coefficient (Wildman–Crippen LogP) is 4.56. The summed E-state index contributed by atoms with van der Waals surface area (Å²) in [6, 6.07) is 9.01. The number of hydrogen-bond donors (Lipinski definition) is 3. The standard InChI is InChI=1S/C27H31F3N4O3/c1-15(31-25(37)23(35)16-11-19(29)13-20(30)12-16)24(36)32-22-14-21(33-34(22)26(2,3)4)27(5,6)17-7-9-18(28)10-8-17/h7-15,23,35H,1-6H3,(H,31,37)(H,32,36)/t15?,23-/m0/s1. The average molecular weight is 517 g/mol. The Morgan fingerprint density at radius 3 is 2.00 bits per heavy atom. The highest BCUT2D eigenvalue weighted by Crippen LogP contribution is 2.34. The van der Waals surface area contributed by atoms with Crippen LogP contribution in [0.2, 0.25) is 0 Å². The van der Waals surface area contributed by atoms with Crippen molar-refractivity contribution in [3.63, 3.8) is 0 Å². The normalized spacial score (nSPS) is 13.7. The zero-order valence-electron chi connectivity index (χ0n) is 21.6. The van der Waals surface area contributed by atoms with Crippen molar-refractivity contribution in [3.8, 4) is 0 Å². The van der Waals surface area contributed by atoms with Gasteiger partial charge in [-0.25, -0.2) is 17.9 Å². The van der Waals surface area contributed by atoms with Gasteiger partial charge in [-0.15, -0.1) is 0 Å². The zero-order chi connectivity index (χ0) is 27.7. The van der Waals surface area contributed by atoms with Crippen molar-refractivity contribution in [3.05, 3.63) is 82.8 Å². The second-order valence-corrected chi connectivity index (χ2v) is 10.5. The number of halogens is 3. The Hall–Kier alpha value is -3.66. The van der Waals surface area contributed by atoms with E-state index in [9.17, 15) is 27.9 Å². The van der Waals surface area contributed by atoms with Crippen molar-refractivity contribution in [2.24, 2.45) is 0 Å². The minimum Gasteiger partial charge on any atom is -0.378 e. The second kappa shape index (κ2) is 10.4. The number of nitrogens with zero attached hydrogens (tertiary/aromatic N) is 2. The number of hydrogen-bond acceptors (Lipinski definition) is 4. The first kappa shape index (κ1) is 27.9. The van der Waals surface area contributed by atoms with Crippen molar-refractivity contribution in [1.29, 1.82) is 0 Å². The highest BCUT2D eigenvalue weighted by atomic mass is 19.1. The number of nitrogens with one attached hydrogen (secondary N) is 2. The maximum atomic E-state index is 13.5. The van der Waals surface area contributed by atoms with Crippen LogP contribution in [0.5, 0.6) is 0 Å². The lowest BCUT2D eigenvalue weighted by atomic mass is 9.81. The summed E-state index contributed by atoms with van der Waals surface area (Å²) in [5, 5.41) is 20.0. The van der Waals surface area contributed by atoms with Crippen LogP contribution in [0.3, 0.4) is 0 Å². The molecule has 0 spiro atoms. The van der Waals surface area contributed by atoms with Crippen LogP contribution in [-0.4, -0.2) is 32.7 Å². The number of benzene rings is 2. The third-order valence-corrected chi connectivity index (χ3v) is 6.00. The van der Waals surface area contributed by atoms with E-state index in [1.54, 1.807) is 22.9 Å². The van der Waals surface area contributed by atoms with Crippen LogP contribution in [0.1, 0.15) is 64.5 Å². The Morgan fingerprint density at radius 2 is 1.46 bits per heavy atom. The molecule has 0 saturated heterocycles. The average Bonchev–Trinajstić information content (AvgIpc) is 3.23. The monoisotopic (exact) mass is 516 g/mol. The number of carbonyl (C=O) groups excluding carboxylic acids is 2. The summed E-state index contributed by atoms with van der Waals surface area (Å²) in [5.41, 5.74) is 0.0389. The molecule has 2 aromatic carbocycles. The van der Waals surface area contributed by atoms with Gasteiger partial charge in [-0.3, -0.25) is 9.59 Å². The van der Waals surface area contributed by atoms with E-state index in [-0.39, 0.29) is 11.4 Å². The lowest BCUT2D eigenvalue weighted by molar-refractivity contribution is -0.132. The van der Waals surface area contributed by atoms with E-state index in [1.165, 1.54) is 19.1 Å². The smallest absolute Gasteiger partial charge is 0.254 e. The summed E-state index contributed by atoms with van der Waals surface area (Å²) >= 11 is 0. The molecule has 0 aliphatic heterocycles. The highest BCUT2D eigenvalue weighted by molar-refractivity contribution is 5.97. The molecule has 0 aliphatic rings. The third kappa shape index (κ3) is 6.37. The molecule has 3 N–H and O–H groups in total. The van der Waals surface area contributed by atoms with Crippen LogP contribution in [0.4, 0.5) is 19.0 Å². The molecule has 3 aromatic rings. The first-order valence-corrected chi connectivity index (χ1v) is 11.7. The minimum atomic E-state index is -1.87. The summed E-state index contributed by atoms with van der Waals surface area (Å²) in [7, 11) is 0. The number of carbonyl (C=O) groups is 2. The molecule has 7 nitrogen and oxygen atoms in total. The van der Waals surface area contributed by atoms with Gasteiger partial charge in [0.05, 0.1) is 11.2 Å². The molecule has 2 amide bonds. The van der Waals surface area contributed by atoms with Crippen molar-refractivity contribution in [2.45, 2.75) is 64.6 Å². The molecule has 0 aliphatic carbocycles. The number of amides is 2. The topological polar surface area (TPSA) is 96.2 Å². The van der Waals surface area contributed by atoms with Crippen LogP contribution >= 0.6 is 0 Å². The molecule has 1 unspecified atom stereocenters.